The van der Waals surface area contributed by atoms with Gasteiger partial charge in [0.15, 0.2) is 6.10 Å². The van der Waals surface area contributed by atoms with Crippen LogP contribution in [0.2, 0.25) is 8.67 Å². The summed E-state index contributed by atoms with van der Waals surface area (Å²) in [5, 5.41) is 17.4. The molecule has 0 aliphatic heterocycles. The molecule has 1 rings (SSSR count). The number of aliphatic hydroxyl groups excluding tert-OH is 1. The first-order valence-corrected chi connectivity index (χ1v) is 4.25. The third-order valence-corrected chi connectivity index (χ3v) is 2.62. The highest BCUT2D eigenvalue weighted by atomic mass is 35.5. The molecule has 58 valence electrons. The fourth-order valence-corrected chi connectivity index (χ4v) is 2.13. The van der Waals surface area contributed by atoms with Gasteiger partial charge in [-0.2, -0.15) is 5.26 Å². The maximum absolute atomic E-state index is 9.03. The number of hydrogen-bond acceptors (Lipinski definition) is 3. The van der Waals surface area contributed by atoms with E-state index in [-0.39, 0.29) is 0 Å². The molecule has 1 aromatic rings. The SMILES string of the molecule is N#CC(O)c1cc(Cl)sc1Cl. The minimum atomic E-state index is -1.17. The summed E-state index contributed by atoms with van der Waals surface area (Å²) in [7, 11) is 0. The molecule has 0 aliphatic carbocycles. The summed E-state index contributed by atoms with van der Waals surface area (Å²) in [5.41, 5.74) is 0.379. The van der Waals surface area contributed by atoms with Crippen LogP contribution in [0.5, 0.6) is 0 Å². The largest absolute Gasteiger partial charge is 0.374 e. The smallest absolute Gasteiger partial charge is 0.168 e. The first kappa shape index (κ1) is 8.82. The highest BCUT2D eigenvalue weighted by Gasteiger charge is 2.13. The fourth-order valence-electron chi connectivity index (χ4n) is 0.609. The molecule has 0 spiro atoms. The van der Waals surface area contributed by atoms with Crippen molar-refractivity contribution >= 4 is 34.5 Å². The molecule has 5 heteroatoms. The van der Waals surface area contributed by atoms with Crippen LogP contribution in [-0.4, -0.2) is 5.11 Å². The van der Waals surface area contributed by atoms with E-state index in [4.69, 9.17) is 33.6 Å². The quantitative estimate of drug-likeness (QED) is 0.721. The number of nitrogens with zero attached hydrogens (tertiary/aromatic N) is 1. The van der Waals surface area contributed by atoms with Gasteiger partial charge in [0.05, 0.1) is 10.4 Å². The van der Waals surface area contributed by atoms with Crippen LogP contribution in [0.3, 0.4) is 0 Å². The second kappa shape index (κ2) is 3.42. The first-order valence-electron chi connectivity index (χ1n) is 2.67. The van der Waals surface area contributed by atoms with Crippen LogP contribution in [0, 0.1) is 11.3 Å². The Labute approximate surface area is 77.6 Å². The molecule has 0 radical (unpaired) electrons. The number of nitriles is 1. The Morgan fingerprint density at radius 3 is 2.64 bits per heavy atom. The van der Waals surface area contributed by atoms with E-state index in [0.717, 1.165) is 11.3 Å². The Morgan fingerprint density at radius 2 is 2.27 bits per heavy atom. The lowest BCUT2D eigenvalue weighted by Crippen LogP contribution is -1.89. The van der Waals surface area contributed by atoms with E-state index in [9.17, 15) is 0 Å². The standard InChI is InChI=1S/C6H3Cl2NOS/c7-5-1-3(4(10)2-9)6(8)11-5/h1,4,10H. The molecule has 0 amide bonds. The Bertz CT molecular complexity index is 304. The number of aliphatic hydroxyl groups is 1. The third-order valence-electron chi connectivity index (χ3n) is 1.10. The van der Waals surface area contributed by atoms with Crippen molar-refractivity contribution in [2.75, 3.05) is 0 Å². The predicted octanol–water partition coefficient (Wildman–Crippen LogP) is 2.61. The molecule has 1 N–H and O–H groups in total. The molecular weight excluding hydrogens is 205 g/mol. The average Bonchev–Trinajstić information content (AvgIpc) is 2.28. The molecule has 1 unspecified atom stereocenters. The van der Waals surface area contributed by atoms with Crippen LogP contribution in [0.4, 0.5) is 0 Å². The van der Waals surface area contributed by atoms with Crippen molar-refractivity contribution in [2.45, 2.75) is 6.10 Å². The highest BCUT2D eigenvalue weighted by Crippen LogP contribution is 2.34. The molecule has 0 fully saturated rings. The molecule has 0 saturated carbocycles. The Kier molecular flexibility index (Phi) is 2.74. The summed E-state index contributed by atoms with van der Waals surface area (Å²) in [6.07, 6.45) is -1.17. The minimum absolute atomic E-state index is 0.365. The van der Waals surface area contributed by atoms with E-state index in [1.807, 2.05) is 0 Å². The van der Waals surface area contributed by atoms with Gasteiger partial charge in [-0.1, -0.05) is 23.2 Å². The Morgan fingerprint density at radius 1 is 1.64 bits per heavy atom. The van der Waals surface area contributed by atoms with E-state index in [1.54, 1.807) is 6.07 Å². The first-order chi connectivity index (χ1) is 5.15. The second-order valence-electron chi connectivity index (χ2n) is 1.81. The van der Waals surface area contributed by atoms with Crippen molar-refractivity contribution in [1.82, 2.24) is 0 Å². The van der Waals surface area contributed by atoms with Crippen molar-refractivity contribution in [3.05, 3.63) is 20.3 Å². The lowest BCUT2D eigenvalue weighted by Gasteiger charge is -1.95. The molecule has 1 heterocycles. The van der Waals surface area contributed by atoms with Gasteiger partial charge in [-0.15, -0.1) is 11.3 Å². The van der Waals surface area contributed by atoms with E-state index in [2.05, 4.69) is 0 Å². The van der Waals surface area contributed by atoms with Gasteiger partial charge in [0.2, 0.25) is 0 Å². The number of rotatable bonds is 1. The summed E-state index contributed by atoms with van der Waals surface area (Å²) in [6.45, 7) is 0. The van der Waals surface area contributed by atoms with Crippen molar-refractivity contribution in [3.8, 4) is 6.07 Å². The summed E-state index contributed by atoms with van der Waals surface area (Å²) >= 11 is 12.4. The molecule has 0 saturated heterocycles. The topological polar surface area (TPSA) is 44.0 Å². The van der Waals surface area contributed by atoms with Crippen molar-refractivity contribution in [2.24, 2.45) is 0 Å². The molecular formula is C6H3Cl2NOS. The predicted molar refractivity (Wildman–Crippen MR) is 44.9 cm³/mol. The van der Waals surface area contributed by atoms with Crippen LogP contribution in [0.15, 0.2) is 6.07 Å². The second-order valence-corrected chi connectivity index (χ2v) is 4.10. The minimum Gasteiger partial charge on any atom is -0.374 e. The van der Waals surface area contributed by atoms with Gasteiger partial charge in [0.25, 0.3) is 0 Å². The Balaban J connectivity index is 3.05. The highest BCUT2D eigenvalue weighted by molar-refractivity contribution is 7.20. The van der Waals surface area contributed by atoms with E-state index in [0.29, 0.717) is 14.2 Å². The molecule has 2 nitrogen and oxygen atoms in total. The average molecular weight is 208 g/mol. The molecule has 0 aliphatic rings. The van der Waals surface area contributed by atoms with Gasteiger partial charge >= 0.3 is 0 Å². The van der Waals surface area contributed by atoms with Gasteiger partial charge in [-0.3, -0.25) is 0 Å². The number of hydrogen-bond donors (Lipinski definition) is 1. The van der Waals surface area contributed by atoms with Crippen molar-refractivity contribution in [3.63, 3.8) is 0 Å². The fraction of sp³-hybridized carbons (Fsp3) is 0.167. The van der Waals surface area contributed by atoms with Crippen molar-refractivity contribution in [1.29, 1.82) is 5.26 Å². The van der Waals surface area contributed by atoms with Crippen LogP contribution >= 0.6 is 34.5 Å². The summed E-state index contributed by atoms with van der Waals surface area (Å²) in [5.74, 6) is 0. The lowest BCUT2D eigenvalue weighted by atomic mass is 10.2. The third kappa shape index (κ3) is 1.85. The Hall–Kier alpha value is -0.270. The van der Waals surface area contributed by atoms with Crippen LogP contribution in [0.25, 0.3) is 0 Å². The monoisotopic (exact) mass is 207 g/mol. The zero-order valence-electron chi connectivity index (χ0n) is 5.21. The van der Waals surface area contributed by atoms with Gasteiger partial charge in [-0.05, 0) is 6.07 Å². The molecule has 1 aromatic heterocycles. The maximum Gasteiger partial charge on any atom is 0.168 e. The van der Waals surface area contributed by atoms with Crippen molar-refractivity contribution < 1.29 is 5.11 Å². The van der Waals surface area contributed by atoms with Crippen LogP contribution in [0.1, 0.15) is 11.7 Å². The van der Waals surface area contributed by atoms with E-state index >= 15 is 0 Å². The summed E-state index contributed by atoms with van der Waals surface area (Å²) in [4.78, 5) is 0. The summed E-state index contributed by atoms with van der Waals surface area (Å²) in [6, 6.07) is 3.14. The van der Waals surface area contributed by atoms with Gasteiger partial charge in [-0.25, -0.2) is 0 Å². The van der Waals surface area contributed by atoms with Gasteiger partial charge in [0.1, 0.15) is 4.34 Å². The lowest BCUT2D eigenvalue weighted by molar-refractivity contribution is 0.236. The molecule has 0 aromatic carbocycles. The maximum atomic E-state index is 9.03. The zero-order chi connectivity index (χ0) is 8.43. The molecule has 1 atom stereocenters. The summed E-state index contributed by atoms with van der Waals surface area (Å²) < 4.78 is 0.836. The van der Waals surface area contributed by atoms with Crippen LogP contribution in [-0.2, 0) is 0 Å². The number of thiophene rings is 1. The molecule has 11 heavy (non-hydrogen) atoms. The van der Waals surface area contributed by atoms with E-state index in [1.165, 1.54) is 6.07 Å². The van der Waals surface area contributed by atoms with Gasteiger partial charge < -0.3 is 5.11 Å². The normalized spacial score (nSPS) is 12.5. The number of halogens is 2. The van der Waals surface area contributed by atoms with Crippen LogP contribution < -0.4 is 0 Å². The van der Waals surface area contributed by atoms with E-state index < -0.39 is 6.10 Å². The van der Waals surface area contributed by atoms with Gasteiger partial charge in [0, 0.05) is 5.56 Å². The zero-order valence-corrected chi connectivity index (χ0v) is 7.54. The molecule has 0 bridgehead atoms.